The number of fused-ring (bicyclic) bond motifs is 1. The summed E-state index contributed by atoms with van der Waals surface area (Å²) in [7, 11) is 0. The second-order valence-corrected chi connectivity index (χ2v) is 6.14. The van der Waals surface area contributed by atoms with Crippen LogP contribution < -0.4 is 5.32 Å². The summed E-state index contributed by atoms with van der Waals surface area (Å²) in [6.45, 7) is 2.71. The summed E-state index contributed by atoms with van der Waals surface area (Å²) >= 11 is 0. The van der Waals surface area contributed by atoms with E-state index in [-0.39, 0.29) is 5.91 Å². The van der Waals surface area contributed by atoms with E-state index >= 15 is 0 Å². The van der Waals surface area contributed by atoms with Gasteiger partial charge in [0.05, 0.1) is 0 Å². The second-order valence-electron chi connectivity index (χ2n) is 6.14. The van der Waals surface area contributed by atoms with E-state index in [1.807, 2.05) is 13.0 Å². The fraction of sp³-hybridized carbons (Fsp3) is 0.286. The van der Waals surface area contributed by atoms with E-state index in [1.165, 1.54) is 27.7 Å². The van der Waals surface area contributed by atoms with Gasteiger partial charge in [0, 0.05) is 36.0 Å². The zero-order valence-electron chi connectivity index (χ0n) is 14.1. The molecule has 0 saturated carbocycles. The van der Waals surface area contributed by atoms with Crippen molar-refractivity contribution >= 4 is 16.8 Å². The molecule has 0 aliphatic carbocycles. The summed E-state index contributed by atoms with van der Waals surface area (Å²) in [5.41, 5.74) is 5.01. The Kier molecular flexibility index (Phi) is 5.32. The van der Waals surface area contributed by atoms with Crippen LogP contribution in [0.4, 0.5) is 0 Å². The molecule has 0 fully saturated rings. The lowest BCUT2D eigenvalue weighted by Gasteiger charge is -2.07. The lowest BCUT2D eigenvalue weighted by atomic mass is 10.0. The van der Waals surface area contributed by atoms with Gasteiger partial charge in [-0.3, -0.25) is 4.79 Å². The van der Waals surface area contributed by atoms with E-state index in [1.54, 1.807) is 0 Å². The van der Waals surface area contributed by atoms with Crippen LogP contribution in [0.5, 0.6) is 0 Å². The molecule has 0 aliphatic heterocycles. The number of rotatable bonds is 7. The van der Waals surface area contributed by atoms with Gasteiger partial charge in [0.2, 0.25) is 5.91 Å². The number of aromatic amines is 1. The highest BCUT2D eigenvalue weighted by Gasteiger charge is 2.12. The van der Waals surface area contributed by atoms with Crippen LogP contribution in [-0.2, 0) is 17.6 Å². The predicted octanol–water partition coefficient (Wildman–Crippen LogP) is 4.22. The fourth-order valence-electron chi connectivity index (χ4n) is 3.13. The van der Waals surface area contributed by atoms with Gasteiger partial charge in [0.25, 0.3) is 0 Å². The Hall–Kier alpha value is -2.55. The first kappa shape index (κ1) is 16.3. The summed E-state index contributed by atoms with van der Waals surface area (Å²) in [6, 6.07) is 18.9. The molecule has 0 saturated heterocycles. The number of carbonyl (C=O) groups is 1. The average Bonchev–Trinajstić information content (AvgIpc) is 2.94. The number of hydrogen-bond donors (Lipinski definition) is 2. The van der Waals surface area contributed by atoms with Crippen LogP contribution in [0.2, 0.25) is 0 Å². The molecule has 0 spiro atoms. The molecule has 3 nitrogen and oxygen atoms in total. The maximum atomic E-state index is 11.7. The predicted molar refractivity (Wildman–Crippen MR) is 99.2 cm³/mol. The fourth-order valence-corrected chi connectivity index (χ4v) is 3.13. The minimum absolute atomic E-state index is 0.141. The van der Waals surface area contributed by atoms with Crippen molar-refractivity contribution in [3.8, 4) is 0 Å². The molecule has 2 aromatic carbocycles. The lowest BCUT2D eigenvalue weighted by Crippen LogP contribution is -2.25. The smallest absolute Gasteiger partial charge is 0.219 e. The molecule has 0 atom stereocenters. The molecule has 124 valence electrons. The monoisotopic (exact) mass is 320 g/mol. The molecular weight excluding hydrogens is 296 g/mol. The van der Waals surface area contributed by atoms with E-state index in [9.17, 15) is 4.79 Å². The second kappa shape index (κ2) is 7.82. The molecule has 0 radical (unpaired) electrons. The molecule has 2 N–H and O–H groups in total. The summed E-state index contributed by atoms with van der Waals surface area (Å²) in [5, 5.41) is 4.28. The number of aromatic nitrogens is 1. The Morgan fingerprint density at radius 3 is 2.58 bits per heavy atom. The van der Waals surface area contributed by atoms with Gasteiger partial charge in [-0.25, -0.2) is 0 Å². The molecular formula is C21H24N2O. The van der Waals surface area contributed by atoms with Crippen molar-refractivity contribution in [2.24, 2.45) is 0 Å². The first-order chi connectivity index (χ1) is 11.8. The van der Waals surface area contributed by atoms with Crippen LogP contribution in [0.15, 0.2) is 54.6 Å². The number of H-pyrrole nitrogens is 1. The summed E-state index contributed by atoms with van der Waals surface area (Å²) in [4.78, 5) is 15.3. The maximum Gasteiger partial charge on any atom is 0.219 e. The molecule has 1 heterocycles. The SMILES string of the molecule is CCCC(=O)NCCc1c(Cc2ccccc2)[nH]c2ccccc12. The van der Waals surface area contributed by atoms with Crippen LogP contribution in [0, 0.1) is 0 Å². The summed E-state index contributed by atoms with van der Waals surface area (Å²) < 4.78 is 0. The van der Waals surface area contributed by atoms with Crippen molar-refractivity contribution in [2.75, 3.05) is 6.54 Å². The van der Waals surface area contributed by atoms with Crippen molar-refractivity contribution in [1.29, 1.82) is 0 Å². The minimum atomic E-state index is 0.141. The third-order valence-electron chi connectivity index (χ3n) is 4.30. The molecule has 1 aromatic heterocycles. The Morgan fingerprint density at radius 1 is 1.04 bits per heavy atom. The summed E-state index contributed by atoms with van der Waals surface area (Å²) in [6.07, 6.45) is 3.22. The lowest BCUT2D eigenvalue weighted by molar-refractivity contribution is -0.121. The van der Waals surface area contributed by atoms with Gasteiger partial charge >= 0.3 is 0 Å². The normalized spacial score (nSPS) is 10.9. The van der Waals surface area contributed by atoms with E-state index in [2.05, 4.69) is 58.8 Å². The van der Waals surface area contributed by atoms with Gasteiger partial charge in [-0.05, 0) is 30.0 Å². The van der Waals surface area contributed by atoms with Gasteiger partial charge in [0.1, 0.15) is 0 Å². The molecule has 1 amide bonds. The number of carbonyl (C=O) groups excluding carboxylic acids is 1. The Bertz CT molecular complexity index is 805. The number of hydrogen-bond acceptors (Lipinski definition) is 1. The van der Waals surface area contributed by atoms with Crippen LogP contribution in [0.25, 0.3) is 10.9 Å². The molecule has 3 rings (SSSR count). The van der Waals surface area contributed by atoms with E-state index in [0.717, 1.165) is 19.3 Å². The molecule has 0 unspecified atom stereocenters. The maximum absolute atomic E-state index is 11.7. The van der Waals surface area contributed by atoms with Crippen LogP contribution in [0.1, 0.15) is 36.6 Å². The quantitative estimate of drug-likeness (QED) is 0.673. The highest BCUT2D eigenvalue weighted by atomic mass is 16.1. The Morgan fingerprint density at radius 2 is 1.79 bits per heavy atom. The summed E-state index contributed by atoms with van der Waals surface area (Å²) in [5.74, 6) is 0.141. The van der Waals surface area contributed by atoms with Gasteiger partial charge in [0.15, 0.2) is 0 Å². The number of para-hydroxylation sites is 1. The molecule has 0 bridgehead atoms. The van der Waals surface area contributed by atoms with Crippen LogP contribution in [0.3, 0.4) is 0 Å². The van der Waals surface area contributed by atoms with Crippen molar-refractivity contribution in [2.45, 2.75) is 32.6 Å². The third kappa shape index (κ3) is 3.85. The standard InChI is InChI=1S/C21H24N2O/c1-2-8-21(24)22-14-13-18-17-11-6-7-12-19(17)23-20(18)15-16-9-4-3-5-10-16/h3-7,9-12,23H,2,8,13-15H2,1H3,(H,22,24). The highest BCUT2D eigenvalue weighted by Crippen LogP contribution is 2.24. The largest absolute Gasteiger partial charge is 0.358 e. The first-order valence-corrected chi connectivity index (χ1v) is 8.67. The molecule has 3 aromatic rings. The molecule has 0 aliphatic rings. The van der Waals surface area contributed by atoms with E-state index in [4.69, 9.17) is 0 Å². The highest BCUT2D eigenvalue weighted by molar-refractivity contribution is 5.85. The van der Waals surface area contributed by atoms with Gasteiger partial charge in [-0.15, -0.1) is 0 Å². The van der Waals surface area contributed by atoms with E-state index < -0.39 is 0 Å². The number of benzene rings is 2. The third-order valence-corrected chi connectivity index (χ3v) is 4.30. The zero-order chi connectivity index (χ0) is 16.8. The Labute approximate surface area is 143 Å². The first-order valence-electron chi connectivity index (χ1n) is 8.67. The average molecular weight is 320 g/mol. The van der Waals surface area contributed by atoms with Crippen LogP contribution in [-0.4, -0.2) is 17.4 Å². The van der Waals surface area contributed by atoms with Gasteiger partial charge in [-0.2, -0.15) is 0 Å². The topological polar surface area (TPSA) is 44.9 Å². The Balaban J connectivity index is 1.81. The van der Waals surface area contributed by atoms with Gasteiger partial charge < -0.3 is 10.3 Å². The van der Waals surface area contributed by atoms with Crippen molar-refractivity contribution < 1.29 is 4.79 Å². The molecule has 24 heavy (non-hydrogen) atoms. The zero-order valence-corrected chi connectivity index (χ0v) is 14.1. The molecule has 3 heteroatoms. The van der Waals surface area contributed by atoms with Crippen molar-refractivity contribution in [3.05, 3.63) is 71.4 Å². The number of nitrogens with one attached hydrogen (secondary N) is 2. The van der Waals surface area contributed by atoms with Gasteiger partial charge in [-0.1, -0.05) is 55.5 Å². The van der Waals surface area contributed by atoms with Crippen LogP contribution >= 0.6 is 0 Å². The van der Waals surface area contributed by atoms with Crippen molar-refractivity contribution in [3.63, 3.8) is 0 Å². The minimum Gasteiger partial charge on any atom is -0.358 e. The van der Waals surface area contributed by atoms with Crippen molar-refractivity contribution in [1.82, 2.24) is 10.3 Å². The number of amides is 1. The van der Waals surface area contributed by atoms with E-state index in [0.29, 0.717) is 13.0 Å².